The number of nitrogens with one attached hydrogen (secondary N) is 2. The third kappa shape index (κ3) is 4.31. The first-order valence-corrected chi connectivity index (χ1v) is 9.40. The van der Waals surface area contributed by atoms with Gasteiger partial charge in [0.15, 0.2) is 0 Å². The van der Waals surface area contributed by atoms with Crippen molar-refractivity contribution < 1.29 is 9.53 Å². The highest BCUT2D eigenvalue weighted by Crippen LogP contribution is 2.23. The number of halogens is 1. The normalized spacial score (nSPS) is 10.6. The molecule has 1 heterocycles. The molecule has 0 aliphatic carbocycles. The lowest BCUT2D eigenvalue weighted by atomic mass is 10.2. The molecular formula is C22H24ClN3O2. The van der Waals surface area contributed by atoms with Crippen LogP contribution < -0.4 is 15.4 Å². The van der Waals surface area contributed by atoms with E-state index in [1.807, 2.05) is 44.2 Å². The van der Waals surface area contributed by atoms with E-state index in [4.69, 9.17) is 16.3 Å². The Morgan fingerprint density at radius 1 is 1.07 bits per heavy atom. The first kappa shape index (κ1) is 19.8. The van der Waals surface area contributed by atoms with Gasteiger partial charge in [0.05, 0.1) is 7.11 Å². The van der Waals surface area contributed by atoms with Crippen LogP contribution in [-0.4, -0.2) is 17.7 Å². The van der Waals surface area contributed by atoms with E-state index < -0.39 is 0 Å². The average molecular weight is 398 g/mol. The number of amides is 2. The Balaban J connectivity index is 1.71. The summed E-state index contributed by atoms with van der Waals surface area (Å²) < 4.78 is 7.39. The van der Waals surface area contributed by atoms with Crippen molar-refractivity contribution in [2.75, 3.05) is 12.4 Å². The molecule has 2 N–H and O–H groups in total. The van der Waals surface area contributed by atoms with Crippen molar-refractivity contribution in [3.05, 3.63) is 76.1 Å². The Labute approximate surface area is 170 Å². The number of aromatic nitrogens is 1. The van der Waals surface area contributed by atoms with Crippen LogP contribution in [0.2, 0.25) is 5.02 Å². The summed E-state index contributed by atoms with van der Waals surface area (Å²) in [5, 5.41) is 6.36. The number of ether oxygens (including phenoxy) is 1. The van der Waals surface area contributed by atoms with Crippen LogP contribution in [0, 0.1) is 20.8 Å². The molecule has 0 spiro atoms. The third-order valence-corrected chi connectivity index (χ3v) is 4.99. The van der Waals surface area contributed by atoms with Crippen LogP contribution in [0.3, 0.4) is 0 Å². The summed E-state index contributed by atoms with van der Waals surface area (Å²) in [6.45, 7) is 6.46. The molecule has 3 aromatic rings. The largest absolute Gasteiger partial charge is 0.497 e. The number of aryl methyl sites for hydroxylation is 2. The minimum atomic E-state index is -0.264. The van der Waals surface area contributed by atoms with Gasteiger partial charge in [-0.3, -0.25) is 0 Å². The highest BCUT2D eigenvalue weighted by atomic mass is 35.5. The van der Waals surface area contributed by atoms with Gasteiger partial charge in [-0.2, -0.15) is 0 Å². The van der Waals surface area contributed by atoms with E-state index in [1.165, 1.54) is 0 Å². The fourth-order valence-corrected chi connectivity index (χ4v) is 3.38. The summed E-state index contributed by atoms with van der Waals surface area (Å²) in [6.07, 6.45) is 0. The van der Waals surface area contributed by atoms with Crippen molar-refractivity contribution in [1.29, 1.82) is 0 Å². The van der Waals surface area contributed by atoms with Gasteiger partial charge in [-0.1, -0.05) is 17.7 Å². The van der Waals surface area contributed by atoms with Gasteiger partial charge in [0.2, 0.25) is 0 Å². The maximum atomic E-state index is 12.3. The Kier molecular flexibility index (Phi) is 5.95. The summed E-state index contributed by atoms with van der Waals surface area (Å²) in [4.78, 5) is 12.3. The van der Waals surface area contributed by atoms with Gasteiger partial charge in [0.25, 0.3) is 0 Å². The number of urea groups is 1. The fraction of sp³-hybridized carbons (Fsp3) is 0.227. The first-order valence-electron chi connectivity index (χ1n) is 9.02. The number of hydrogen-bond donors (Lipinski definition) is 2. The number of benzene rings is 2. The Hall–Kier alpha value is -2.92. The predicted octanol–water partition coefficient (Wildman–Crippen LogP) is 5.39. The minimum absolute atomic E-state index is 0.264. The molecule has 0 saturated heterocycles. The van der Waals surface area contributed by atoms with E-state index in [2.05, 4.69) is 28.2 Å². The molecule has 0 atom stereocenters. The van der Waals surface area contributed by atoms with Crippen molar-refractivity contribution in [2.45, 2.75) is 27.3 Å². The topological polar surface area (TPSA) is 55.3 Å². The lowest BCUT2D eigenvalue weighted by molar-refractivity contribution is 0.251. The minimum Gasteiger partial charge on any atom is -0.497 e. The zero-order valence-corrected chi connectivity index (χ0v) is 17.2. The van der Waals surface area contributed by atoms with Crippen LogP contribution in [0.25, 0.3) is 5.69 Å². The predicted molar refractivity (Wildman–Crippen MR) is 114 cm³/mol. The lowest BCUT2D eigenvalue weighted by Gasteiger charge is -2.12. The number of carbonyl (C=O) groups is 1. The molecule has 0 aliphatic heterocycles. The zero-order chi connectivity index (χ0) is 20.3. The van der Waals surface area contributed by atoms with Gasteiger partial charge in [-0.15, -0.1) is 0 Å². The molecule has 0 radical (unpaired) electrons. The molecule has 3 rings (SSSR count). The second-order valence-electron chi connectivity index (χ2n) is 6.70. The van der Waals surface area contributed by atoms with Crippen LogP contribution in [-0.2, 0) is 6.54 Å². The Bertz CT molecular complexity index is 994. The SMILES string of the molecule is COc1ccc(-n2c(C)cc(CNC(=O)Nc3cc(Cl)ccc3C)c2C)cc1. The monoisotopic (exact) mass is 397 g/mol. The van der Waals surface area contributed by atoms with Crippen molar-refractivity contribution in [1.82, 2.24) is 9.88 Å². The van der Waals surface area contributed by atoms with Gasteiger partial charge in [-0.05, 0) is 74.4 Å². The summed E-state index contributed by atoms with van der Waals surface area (Å²) in [5.41, 5.74) is 5.96. The standard InChI is InChI=1S/C22H24ClN3O2/c1-14-5-6-18(23)12-21(14)25-22(27)24-13-17-11-15(2)26(16(17)3)19-7-9-20(28-4)10-8-19/h5-12H,13H2,1-4H3,(H2,24,25,27). The van der Waals surface area contributed by atoms with Crippen molar-refractivity contribution in [2.24, 2.45) is 0 Å². The van der Waals surface area contributed by atoms with Crippen LogP contribution >= 0.6 is 11.6 Å². The van der Waals surface area contributed by atoms with E-state index in [9.17, 15) is 4.79 Å². The molecule has 0 saturated carbocycles. The van der Waals surface area contributed by atoms with Gasteiger partial charge >= 0.3 is 6.03 Å². The van der Waals surface area contributed by atoms with Crippen molar-refractivity contribution >= 4 is 23.3 Å². The Morgan fingerprint density at radius 2 is 1.79 bits per heavy atom. The first-order chi connectivity index (χ1) is 13.4. The maximum absolute atomic E-state index is 12.3. The van der Waals surface area contributed by atoms with Gasteiger partial charge in [0, 0.05) is 34.3 Å². The molecule has 6 heteroatoms. The number of methoxy groups -OCH3 is 1. The highest BCUT2D eigenvalue weighted by molar-refractivity contribution is 6.31. The third-order valence-electron chi connectivity index (χ3n) is 4.75. The summed E-state index contributed by atoms with van der Waals surface area (Å²) in [7, 11) is 1.65. The Morgan fingerprint density at radius 3 is 2.46 bits per heavy atom. The van der Waals surface area contributed by atoms with Crippen molar-refractivity contribution in [3.63, 3.8) is 0 Å². The average Bonchev–Trinajstić information content (AvgIpc) is 2.96. The zero-order valence-electron chi connectivity index (χ0n) is 16.5. The summed E-state index contributed by atoms with van der Waals surface area (Å²) >= 11 is 6.01. The molecule has 0 unspecified atom stereocenters. The molecular weight excluding hydrogens is 374 g/mol. The maximum Gasteiger partial charge on any atom is 0.319 e. The van der Waals surface area contributed by atoms with E-state index in [0.29, 0.717) is 17.3 Å². The van der Waals surface area contributed by atoms with E-state index in [1.54, 1.807) is 19.2 Å². The van der Waals surface area contributed by atoms with Crippen molar-refractivity contribution in [3.8, 4) is 11.4 Å². The number of hydrogen-bond acceptors (Lipinski definition) is 2. The molecule has 1 aromatic heterocycles. The smallest absolute Gasteiger partial charge is 0.319 e. The number of nitrogens with zero attached hydrogens (tertiary/aromatic N) is 1. The number of anilines is 1. The van der Waals surface area contributed by atoms with Gasteiger partial charge < -0.3 is 19.9 Å². The van der Waals surface area contributed by atoms with E-state index >= 15 is 0 Å². The fourth-order valence-electron chi connectivity index (χ4n) is 3.21. The quantitative estimate of drug-likeness (QED) is 0.606. The molecule has 0 aliphatic rings. The number of rotatable bonds is 5. The van der Waals surface area contributed by atoms with Crippen LogP contribution in [0.5, 0.6) is 5.75 Å². The van der Waals surface area contributed by atoms with Crippen LogP contribution in [0.1, 0.15) is 22.5 Å². The van der Waals surface area contributed by atoms with E-state index in [-0.39, 0.29) is 6.03 Å². The molecule has 2 amide bonds. The molecule has 28 heavy (non-hydrogen) atoms. The molecule has 5 nitrogen and oxygen atoms in total. The molecule has 0 fully saturated rings. The molecule has 146 valence electrons. The lowest BCUT2D eigenvalue weighted by Crippen LogP contribution is -2.28. The van der Waals surface area contributed by atoms with E-state index in [0.717, 1.165) is 34.0 Å². The number of carbonyl (C=O) groups excluding carboxylic acids is 1. The summed E-state index contributed by atoms with van der Waals surface area (Å²) in [6, 6.07) is 15.2. The second kappa shape index (κ2) is 8.40. The summed E-state index contributed by atoms with van der Waals surface area (Å²) in [5.74, 6) is 0.820. The van der Waals surface area contributed by atoms with Crippen LogP contribution in [0.15, 0.2) is 48.5 Å². The highest BCUT2D eigenvalue weighted by Gasteiger charge is 2.12. The molecule has 2 aromatic carbocycles. The van der Waals surface area contributed by atoms with Gasteiger partial charge in [-0.25, -0.2) is 4.79 Å². The van der Waals surface area contributed by atoms with Crippen LogP contribution in [0.4, 0.5) is 10.5 Å². The second-order valence-corrected chi connectivity index (χ2v) is 7.13. The van der Waals surface area contributed by atoms with Gasteiger partial charge in [0.1, 0.15) is 5.75 Å². The molecule has 0 bridgehead atoms.